The molecule has 1 aliphatic carbocycles. The van der Waals surface area contributed by atoms with Gasteiger partial charge in [-0.2, -0.15) is 0 Å². The zero-order chi connectivity index (χ0) is 29.7. The van der Waals surface area contributed by atoms with Crippen LogP contribution in [0.2, 0.25) is 0 Å². The maximum atomic E-state index is 12.5. The van der Waals surface area contributed by atoms with Crippen LogP contribution in [-0.4, -0.2) is 29.0 Å². The smallest absolute Gasteiger partial charge is 0.326 e. The molecule has 40 heavy (non-hydrogen) atoms. The lowest BCUT2D eigenvalue weighted by Gasteiger charge is -2.32. The number of aryl methyl sites for hydroxylation is 1. The van der Waals surface area contributed by atoms with E-state index < -0.39 is 17.9 Å². The number of aliphatic carboxylic acids is 1. The predicted octanol–water partition coefficient (Wildman–Crippen LogP) is 7.43. The number of ether oxygens (including phenoxy) is 1. The molecule has 0 heterocycles. The maximum Gasteiger partial charge on any atom is 0.326 e. The van der Waals surface area contributed by atoms with E-state index in [9.17, 15) is 19.5 Å². The van der Waals surface area contributed by atoms with Crippen molar-refractivity contribution in [3.05, 3.63) is 88.6 Å². The number of hydrogen-bond acceptors (Lipinski definition) is 4. The highest BCUT2D eigenvalue weighted by Gasteiger charge is 2.26. The molecule has 1 unspecified atom stereocenters. The summed E-state index contributed by atoms with van der Waals surface area (Å²) in [6, 6.07) is 5.98. The zero-order valence-corrected chi connectivity index (χ0v) is 24.9. The Morgan fingerprint density at radius 2 is 1.90 bits per heavy atom. The minimum Gasteiger partial charge on any atom is -0.480 e. The lowest BCUT2D eigenvalue weighted by atomic mass is 9.72. The lowest BCUT2D eigenvalue weighted by Crippen LogP contribution is -2.40. The van der Waals surface area contributed by atoms with E-state index in [4.69, 9.17) is 4.74 Å². The Morgan fingerprint density at radius 3 is 2.58 bits per heavy atom. The van der Waals surface area contributed by atoms with Crippen molar-refractivity contribution in [2.24, 2.45) is 5.41 Å². The Kier molecular flexibility index (Phi) is 12.9. The van der Waals surface area contributed by atoms with Crippen LogP contribution in [0.3, 0.4) is 0 Å². The maximum absolute atomic E-state index is 12.5. The second-order valence-electron chi connectivity index (χ2n) is 11.2. The molecule has 0 spiro atoms. The quantitative estimate of drug-likeness (QED) is 0.116. The highest BCUT2D eigenvalue weighted by Crippen LogP contribution is 2.40. The highest BCUT2D eigenvalue weighted by molar-refractivity contribution is 5.91. The molecule has 0 saturated heterocycles. The molecule has 0 aromatic heterocycles. The van der Waals surface area contributed by atoms with E-state index in [0.717, 1.165) is 17.6 Å². The zero-order valence-electron chi connectivity index (χ0n) is 24.9. The van der Waals surface area contributed by atoms with Gasteiger partial charge in [0.05, 0.1) is 0 Å². The first kappa shape index (κ1) is 32.5. The van der Waals surface area contributed by atoms with Gasteiger partial charge < -0.3 is 15.2 Å². The van der Waals surface area contributed by atoms with E-state index in [0.29, 0.717) is 30.6 Å². The topological polar surface area (TPSA) is 92.7 Å². The molecule has 0 radical (unpaired) electrons. The molecular formula is C34H45NO5. The average molecular weight is 548 g/mol. The van der Waals surface area contributed by atoms with Crippen LogP contribution in [0.25, 0.3) is 0 Å². The van der Waals surface area contributed by atoms with Gasteiger partial charge in [0.25, 0.3) is 0 Å². The molecular weight excluding hydrogens is 502 g/mol. The standard InChI is InChI=1S/C34H45NO5/c1-7-11-32(37)40-28-16-9-15-27(23-28)18-20-30(33(38)39)35-31(36)22-25(3)13-8-12-24(2)17-19-29-26(4)14-10-21-34(29,5)6/h8-9,12-13,15-17,19,22-23,30H,7,10-11,14,18,20-21H2,1-6H3,(H,35,36)(H,38,39)/b13-8+,19-17+,24-12+,25-22+. The Labute approximate surface area is 239 Å². The fourth-order valence-electron chi connectivity index (χ4n) is 4.82. The summed E-state index contributed by atoms with van der Waals surface area (Å²) in [6.07, 6.45) is 16.7. The summed E-state index contributed by atoms with van der Waals surface area (Å²) in [5.41, 5.74) is 5.71. The fourth-order valence-corrected chi connectivity index (χ4v) is 4.82. The highest BCUT2D eigenvalue weighted by atomic mass is 16.5. The molecule has 0 aliphatic heterocycles. The van der Waals surface area contributed by atoms with Gasteiger partial charge in [0, 0.05) is 12.5 Å². The third kappa shape index (κ3) is 11.2. The van der Waals surface area contributed by atoms with Crippen molar-refractivity contribution in [2.75, 3.05) is 0 Å². The second kappa shape index (κ2) is 15.8. The van der Waals surface area contributed by atoms with E-state index in [2.05, 4.69) is 38.2 Å². The molecule has 6 heteroatoms. The molecule has 1 aromatic rings. The number of amides is 1. The van der Waals surface area contributed by atoms with Crippen molar-refractivity contribution in [3.63, 3.8) is 0 Å². The van der Waals surface area contributed by atoms with Crippen molar-refractivity contribution in [1.82, 2.24) is 5.32 Å². The van der Waals surface area contributed by atoms with E-state index in [1.165, 1.54) is 30.1 Å². The van der Waals surface area contributed by atoms with Gasteiger partial charge in [-0.3, -0.25) is 9.59 Å². The fraction of sp³-hybridized carbons (Fsp3) is 0.441. The Morgan fingerprint density at radius 1 is 1.15 bits per heavy atom. The van der Waals surface area contributed by atoms with E-state index in [1.54, 1.807) is 25.1 Å². The van der Waals surface area contributed by atoms with Crippen molar-refractivity contribution < 1.29 is 24.2 Å². The van der Waals surface area contributed by atoms with Gasteiger partial charge in [0.1, 0.15) is 11.8 Å². The summed E-state index contributed by atoms with van der Waals surface area (Å²) in [4.78, 5) is 36.0. The first-order valence-electron chi connectivity index (χ1n) is 14.2. The molecule has 1 atom stereocenters. The van der Waals surface area contributed by atoms with Crippen LogP contribution in [0.1, 0.15) is 85.6 Å². The van der Waals surface area contributed by atoms with Crippen LogP contribution in [0.4, 0.5) is 0 Å². The third-order valence-electron chi connectivity index (χ3n) is 7.05. The normalized spacial score (nSPS) is 16.9. The Balaban J connectivity index is 1.94. The van der Waals surface area contributed by atoms with Gasteiger partial charge in [-0.05, 0) is 93.6 Å². The number of carbonyl (C=O) groups excluding carboxylic acids is 2. The van der Waals surface area contributed by atoms with Crippen molar-refractivity contribution in [1.29, 1.82) is 0 Å². The van der Waals surface area contributed by atoms with Gasteiger partial charge in [-0.25, -0.2) is 4.79 Å². The van der Waals surface area contributed by atoms with E-state index in [-0.39, 0.29) is 17.8 Å². The Bertz CT molecular complexity index is 1210. The molecule has 1 aliphatic rings. The monoisotopic (exact) mass is 547 g/mol. The number of carboxylic acid groups (broad SMARTS) is 1. The summed E-state index contributed by atoms with van der Waals surface area (Å²) >= 11 is 0. The van der Waals surface area contributed by atoms with Crippen LogP contribution in [0, 0.1) is 5.41 Å². The van der Waals surface area contributed by atoms with Crippen molar-refractivity contribution in [2.45, 2.75) is 92.5 Å². The molecule has 216 valence electrons. The summed E-state index contributed by atoms with van der Waals surface area (Å²) in [5, 5.41) is 12.2. The van der Waals surface area contributed by atoms with Crippen LogP contribution in [0.15, 0.2) is 83.0 Å². The van der Waals surface area contributed by atoms with E-state index >= 15 is 0 Å². The number of benzene rings is 1. The lowest BCUT2D eigenvalue weighted by molar-refractivity contribution is -0.141. The summed E-state index contributed by atoms with van der Waals surface area (Å²) in [6.45, 7) is 12.6. The molecule has 2 N–H and O–H groups in total. The third-order valence-corrected chi connectivity index (χ3v) is 7.05. The second-order valence-corrected chi connectivity index (χ2v) is 11.2. The molecule has 0 bridgehead atoms. The van der Waals surface area contributed by atoms with Crippen molar-refractivity contribution >= 4 is 17.8 Å². The van der Waals surface area contributed by atoms with Gasteiger partial charge >= 0.3 is 11.9 Å². The molecule has 1 aromatic carbocycles. The minimum atomic E-state index is -1.10. The molecule has 2 rings (SSSR count). The van der Waals surface area contributed by atoms with E-state index in [1.807, 2.05) is 38.1 Å². The molecule has 1 amide bonds. The first-order chi connectivity index (χ1) is 18.9. The number of hydrogen-bond donors (Lipinski definition) is 2. The summed E-state index contributed by atoms with van der Waals surface area (Å²) in [7, 11) is 0. The van der Waals surface area contributed by atoms with Gasteiger partial charge in [0.15, 0.2) is 0 Å². The number of nitrogens with one attached hydrogen (secondary N) is 1. The minimum absolute atomic E-state index is 0.197. The van der Waals surface area contributed by atoms with Gasteiger partial charge in [0.2, 0.25) is 5.91 Å². The molecule has 0 fully saturated rings. The van der Waals surface area contributed by atoms with Crippen molar-refractivity contribution in [3.8, 4) is 5.75 Å². The number of allylic oxidation sites excluding steroid dienone is 9. The number of carbonyl (C=O) groups is 3. The van der Waals surface area contributed by atoms with Gasteiger partial charge in [-0.1, -0.05) is 74.4 Å². The Hall–Kier alpha value is -3.67. The molecule has 6 nitrogen and oxygen atoms in total. The molecule has 0 saturated carbocycles. The predicted molar refractivity (Wildman–Crippen MR) is 161 cm³/mol. The largest absolute Gasteiger partial charge is 0.480 e. The summed E-state index contributed by atoms with van der Waals surface area (Å²) in [5.74, 6) is -1.43. The van der Waals surface area contributed by atoms with Crippen LogP contribution in [0.5, 0.6) is 5.75 Å². The number of carboxylic acids is 1. The van der Waals surface area contributed by atoms with Crippen LogP contribution in [-0.2, 0) is 20.8 Å². The first-order valence-corrected chi connectivity index (χ1v) is 14.2. The number of rotatable bonds is 13. The summed E-state index contributed by atoms with van der Waals surface area (Å²) < 4.78 is 5.31. The SMILES string of the molecule is CCCC(=O)Oc1cccc(CCC(NC(=O)/C=C(C)/C=C/C=C(C)/C=C/C2=C(C)CCCC2(C)C)C(=O)O)c1. The number of esters is 1. The van der Waals surface area contributed by atoms with Crippen LogP contribution >= 0.6 is 0 Å². The van der Waals surface area contributed by atoms with Crippen LogP contribution < -0.4 is 10.1 Å². The van der Waals surface area contributed by atoms with Gasteiger partial charge in [-0.15, -0.1) is 0 Å². The average Bonchev–Trinajstić information content (AvgIpc) is 2.86.